The zero-order valence-electron chi connectivity index (χ0n) is 19.7. The molecule has 0 atom stereocenters. The standard InChI is InChI=1S/C28H29N3O3/c1-3-21-9-11-22(12-10-21)18-30(19-23-6-4-14-29-17-23)26(32)7-5-15-31-27(33)24-13-8-20(2)16-25(24)28(31)34/h4,6,8-14,16-17H,3,5,7,15,18-19H2,1-2H3. The molecule has 1 aliphatic heterocycles. The monoisotopic (exact) mass is 455 g/mol. The summed E-state index contributed by atoms with van der Waals surface area (Å²) in [5, 5.41) is 0. The predicted octanol–water partition coefficient (Wildman–Crippen LogP) is 4.56. The first kappa shape index (κ1) is 23.4. The van der Waals surface area contributed by atoms with Gasteiger partial charge in [-0.1, -0.05) is 48.9 Å². The fourth-order valence-corrected chi connectivity index (χ4v) is 4.20. The van der Waals surface area contributed by atoms with E-state index in [0.29, 0.717) is 30.6 Å². The molecule has 2 aromatic carbocycles. The molecule has 0 aliphatic carbocycles. The first-order chi connectivity index (χ1) is 16.5. The van der Waals surface area contributed by atoms with Gasteiger partial charge in [0, 0.05) is 38.4 Å². The Bertz CT molecular complexity index is 1190. The Labute approximate surface area is 200 Å². The molecule has 3 aromatic rings. The van der Waals surface area contributed by atoms with E-state index in [0.717, 1.165) is 23.1 Å². The maximum Gasteiger partial charge on any atom is 0.261 e. The van der Waals surface area contributed by atoms with E-state index in [9.17, 15) is 14.4 Å². The van der Waals surface area contributed by atoms with Gasteiger partial charge < -0.3 is 4.90 Å². The average molecular weight is 456 g/mol. The zero-order valence-corrected chi connectivity index (χ0v) is 19.7. The second kappa shape index (κ2) is 10.4. The number of benzene rings is 2. The lowest BCUT2D eigenvalue weighted by Crippen LogP contribution is -2.33. The van der Waals surface area contributed by atoms with Crippen molar-refractivity contribution in [3.8, 4) is 0 Å². The van der Waals surface area contributed by atoms with Gasteiger partial charge in [0.25, 0.3) is 11.8 Å². The summed E-state index contributed by atoms with van der Waals surface area (Å²) in [5.41, 5.74) is 5.10. The molecule has 0 fully saturated rings. The highest BCUT2D eigenvalue weighted by molar-refractivity contribution is 6.21. The van der Waals surface area contributed by atoms with Crippen LogP contribution in [-0.4, -0.2) is 39.1 Å². The summed E-state index contributed by atoms with van der Waals surface area (Å²) in [6, 6.07) is 17.4. The number of imide groups is 1. The van der Waals surface area contributed by atoms with Gasteiger partial charge in [-0.3, -0.25) is 24.3 Å². The highest BCUT2D eigenvalue weighted by Gasteiger charge is 2.35. The van der Waals surface area contributed by atoms with Crippen LogP contribution in [0.2, 0.25) is 0 Å². The summed E-state index contributed by atoms with van der Waals surface area (Å²) in [6.45, 7) is 5.18. The number of aromatic nitrogens is 1. The molecular formula is C28H29N3O3. The van der Waals surface area contributed by atoms with Crippen LogP contribution in [0.1, 0.15) is 62.7 Å². The lowest BCUT2D eigenvalue weighted by molar-refractivity contribution is -0.132. The number of amides is 3. The largest absolute Gasteiger partial charge is 0.334 e. The molecule has 34 heavy (non-hydrogen) atoms. The topological polar surface area (TPSA) is 70.6 Å². The van der Waals surface area contributed by atoms with Crippen molar-refractivity contribution in [1.82, 2.24) is 14.8 Å². The van der Waals surface area contributed by atoms with E-state index in [-0.39, 0.29) is 30.7 Å². The van der Waals surface area contributed by atoms with Crippen LogP contribution >= 0.6 is 0 Å². The molecule has 4 rings (SSSR count). The Kier molecular flexibility index (Phi) is 7.16. The molecule has 174 valence electrons. The van der Waals surface area contributed by atoms with E-state index in [4.69, 9.17) is 0 Å². The number of carbonyl (C=O) groups excluding carboxylic acids is 3. The highest BCUT2D eigenvalue weighted by atomic mass is 16.2. The van der Waals surface area contributed by atoms with Crippen LogP contribution in [0, 0.1) is 6.92 Å². The van der Waals surface area contributed by atoms with Crippen molar-refractivity contribution in [2.75, 3.05) is 6.54 Å². The molecule has 6 nitrogen and oxygen atoms in total. The molecule has 0 saturated carbocycles. The van der Waals surface area contributed by atoms with Gasteiger partial charge in [-0.2, -0.15) is 0 Å². The molecule has 2 heterocycles. The van der Waals surface area contributed by atoms with Crippen molar-refractivity contribution in [3.63, 3.8) is 0 Å². The molecule has 0 unspecified atom stereocenters. The lowest BCUT2D eigenvalue weighted by Gasteiger charge is -2.24. The number of carbonyl (C=O) groups is 3. The minimum absolute atomic E-state index is 0.0177. The fraction of sp³-hybridized carbons (Fsp3) is 0.286. The van der Waals surface area contributed by atoms with Gasteiger partial charge in [0.05, 0.1) is 11.1 Å². The van der Waals surface area contributed by atoms with Crippen molar-refractivity contribution < 1.29 is 14.4 Å². The van der Waals surface area contributed by atoms with Crippen molar-refractivity contribution in [2.24, 2.45) is 0 Å². The zero-order chi connectivity index (χ0) is 24.1. The van der Waals surface area contributed by atoms with Crippen LogP contribution in [0.5, 0.6) is 0 Å². The minimum atomic E-state index is -0.282. The summed E-state index contributed by atoms with van der Waals surface area (Å²) in [6.07, 6.45) is 5.11. The molecule has 1 aromatic heterocycles. The fourth-order valence-electron chi connectivity index (χ4n) is 4.20. The molecule has 0 bridgehead atoms. The van der Waals surface area contributed by atoms with Gasteiger partial charge in [-0.15, -0.1) is 0 Å². The minimum Gasteiger partial charge on any atom is -0.334 e. The summed E-state index contributed by atoms with van der Waals surface area (Å²) in [4.78, 5) is 45.8. The Morgan fingerprint density at radius 3 is 2.32 bits per heavy atom. The number of fused-ring (bicyclic) bond motifs is 1. The van der Waals surface area contributed by atoms with E-state index in [1.165, 1.54) is 10.5 Å². The molecule has 0 radical (unpaired) electrons. The molecule has 1 aliphatic rings. The third kappa shape index (κ3) is 5.22. The van der Waals surface area contributed by atoms with E-state index in [2.05, 4.69) is 36.2 Å². The summed E-state index contributed by atoms with van der Waals surface area (Å²) >= 11 is 0. The first-order valence-electron chi connectivity index (χ1n) is 11.7. The Balaban J connectivity index is 1.41. The van der Waals surface area contributed by atoms with E-state index in [1.54, 1.807) is 24.5 Å². The number of hydrogen-bond acceptors (Lipinski definition) is 4. The second-order valence-electron chi connectivity index (χ2n) is 8.70. The second-order valence-corrected chi connectivity index (χ2v) is 8.70. The third-order valence-electron chi connectivity index (χ3n) is 6.15. The lowest BCUT2D eigenvalue weighted by atomic mass is 10.1. The molecule has 6 heteroatoms. The van der Waals surface area contributed by atoms with Crippen LogP contribution < -0.4 is 0 Å². The number of aryl methyl sites for hydroxylation is 2. The van der Waals surface area contributed by atoms with Crippen LogP contribution in [0.3, 0.4) is 0 Å². The SMILES string of the molecule is CCc1ccc(CN(Cc2cccnc2)C(=O)CCCN2C(=O)c3ccc(C)cc3C2=O)cc1. The maximum atomic E-state index is 13.2. The van der Waals surface area contributed by atoms with Crippen molar-refractivity contribution in [1.29, 1.82) is 0 Å². The Hall–Kier alpha value is -3.80. The molecule has 0 N–H and O–H groups in total. The van der Waals surface area contributed by atoms with Gasteiger partial charge in [-0.25, -0.2) is 0 Å². The van der Waals surface area contributed by atoms with Crippen LogP contribution in [0.15, 0.2) is 67.0 Å². The van der Waals surface area contributed by atoms with Gasteiger partial charge in [0.15, 0.2) is 0 Å². The van der Waals surface area contributed by atoms with E-state index >= 15 is 0 Å². The first-order valence-corrected chi connectivity index (χ1v) is 11.7. The van der Waals surface area contributed by atoms with Gasteiger partial charge in [-0.05, 0) is 54.7 Å². The maximum absolute atomic E-state index is 13.2. The third-order valence-corrected chi connectivity index (χ3v) is 6.15. The van der Waals surface area contributed by atoms with Crippen molar-refractivity contribution in [2.45, 2.75) is 46.2 Å². The van der Waals surface area contributed by atoms with E-state index in [1.807, 2.05) is 30.0 Å². The molecular weight excluding hydrogens is 426 g/mol. The van der Waals surface area contributed by atoms with Gasteiger partial charge in [0.2, 0.25) is 5.91 Å². The van der Waals surface area contributed by atoms with Crippen LogP contribution in [0.4, 0.5) is 0 Å². The van der Waals surface area contributed by atoms with Crippen molar-refractivity contribution in [3.05, 3.63) is 100 Å². The summed E-state index contributed by atoms with van der Waals surface area (Å²) < 4.78 is 0. The quantitative estimate of drug-likeness (QED) is 0.444. The summed E-state index contributed by atoms with van der Waals surface area (Å²) in [5.74, 6) is -0.578. The van der Waals surface area contributed by atoms with Gasteiger partial charge in [0.1, 0.15) is 0 Å². The number of nitrogens with zero attached hydrogens (tertiary/aromatic N) is 3. The highest BCUT2D eigenvalue weighted by Crippen LogP contribution is 2.24. The normalized spacial score (nSPS) is 12.7. The molecule has 0 spiro atoms. The Morgan fingerprint density at radius 2 is 1.62 bits per heavy atom. The molecule has 3 amide bonds. The smallest absolute Gasteiger partial charge is 0.261 e. The average Bonchev–Trinajstić information content (AvgIpc) is 3.08. The summed E-state index contributed by atoms with van der Waals surface area (Å²) in [7, 11) is 0. The predicted molar refractivity (Wildman–Crippen MR) is 130 cm³/mol. The van der Waals surface area contributed by atoms with Crippen LogP contribution in [0.25, 0.3) is 0 Å². The van der Waals surface area contributed by atoms with Gasteiger partial charge >= 0.3 is 0 Å². The van der Waals surface area contributed by atoms with Crippen molar-refractivity contribution >= 4 is 17.7 Å². The Morgan fingerprint density at radius 1 is 0.912 bits per heavy atom. The number of hydrogen-bond donors (Lipinski definition) is 0. The molecule has 0 saturated heterocycles. The number of pyridine rings is 1. The van der Waals surface area contributed by atoms with E-state index < -0.39 is 0 Å². The number of rotatable bonds is 9. The van der Waals surface area contributed by atoms with Crippen LogP contribution in [-0.2, 0) is 24.3 Å².